The van der Waals surface area contributed by atoms with E-state index in [0.29, 0.717) is 13.2 Å². The van der Waals surface area contributed by atoms with E-state index in [-0.39, 0.29) is 11.6 Å². The first-order valence-electron chi connectivity index (χ1n) is 6.77. The molecule has 0 saturated heterocycles. The Balaban J connectivity index is 2.57. The molecule has 0 amide bonds. The molecule has 0 spiro atoms. The Kier molecular flexibility index (Phi) is 5.76. The Morgan fingerprint density at radius 3 is 2.53 bits per heavy atom. The molecule has 1 aromatic rings. The van der Waals surface area contributed by atoms with Crippen LogP contribution in [0.5, 0.6) is 5.75 Å². The number of nitrogens with zero attached hydrogens (tertiary/aromatic N) is 1. The first-order valence-corrected chi connectivity index (χ1v) is 6.77. The molecule has 1 unspecified atom stereocenters. The minimum atomic E-state index is -0.135. The molecule has 0 aliphatic carbocycles. The van der Waals surface area contributed by atoms with Crippen LogP contribution in [0.15, 0.2) is 12.1 Å². The minimum absolute atomic E-state index is 0.0717. The van der Waals surface area contributed by atoms with Gasteiger partial charge in [0.1, 0.15) is 12.4 Å². The van der Waals surface area contributed by atoms with Gasteiger partial charge in [0.2, 0.25) is 0 Å². The molecule has 19 heavy (non-hydrogen) atoms. The fourth-order valence-electron chi connectivity index (χ4n) is 1.68. The van der Waals surface area contributed by atoms with Gasteiger partial charge in [-0.05, 0) is 46.8 Å². The van der Waals surface area contributed by atoms with Crippen molar-refractivity contribution >= 4 is 0 Å². The van der Waals surface area contributed by atoms with E-state index in [2.05, 4.69) is 4.98 Å². The summed E-state index contributed by atoms with van der Waals surface area (Å²) in [5.74, 6) is 0.806. The summed E-state index contributed by atoms with van der Waals surface area (Å²) in [4.78, 5) is 4.49. The number of pyridine rings is 1. The van der Waals surface area contributed by atoms with Crippen LogP contribution >= 0.6 is 0 Å². The second-order valence-corrected chi connectivity index (χ2v) is 5.89. The summed E-state index contributed by atoms with van der Waals surface area (Å²) < 4.78 is 11.4. The van der Waals surface area contributed by atoms with Gasteiger partial charge in [0.25, 0.3) is 0 Å². The number of aromatic nitrogens is 1. The molecule has 0 aliphatic rings. The van der Waals surface area contributed by atoms with Crippen LogP contribution in [0.4, 0.5) is 0 Å². The zero-order valence-electron chi connectivity index (χ0n) is 12.7. The van der Waals surface area contributed by atoms with Crippen LogP contribution < -0.4 is 10.5 Å². The van der Waals surface area contributed by atoms with Gasteiger partial charge < -0.3 is 15.2 Å². The van der Waals surface area contributed by atoms with E-state index in [1.807, 2.05) is 46.8 Å². The molecule has 1 heterocycles. The Morgan fingerprint density at radius 2 is 1.95 bits per heavy atom. The van der Waals surface area contributed by atoms with E-state index in [4.69, 9.17) is 15.2 Å². The third kappa shape index (κ3) is 6.55. The lowest BCUT2D eigenvalue weighted by atomic mass is 10.1. The van der Waals surface area contributed by atoms with Crippen LogP contribution in [0, 0.1) is 6.92 Å². The highest BCUT2D eigenvalue weighted by Gasteiger charge is 2.11. The van der Waals surface area contributed by atoms with E-state index in [1.54, 1.807) is 0 Å². The van der Waals surface area contributed by atoms with Crippen LogP contribution in [0.2, 0.25) is 0 Å². The molecule has 1 atom stereocenters. The zero-order chi connectivity index (χ0) is 14.5. The van der Waals surface area contributed by atoms with Gasteiger partial charge >= 0.3 is 0 Å². The minimum Gasteiger partial charge on any atom is -0.489 e. The highest BCUT2D eigenvalue weighted by molar-refractivity contribution is 5.29. The van der Waals surface area contributed by atoms with Gasteiger partial charge in [-0.2, -0.15) is 0 Å². The van der Waals surface area contributed by atoms with Crippen LogP contribution in [-0.2, 0) is 11.2 Å². The van der Waals surface area contributed by atoms with Crippen molar-refractivity contribution in [1.82, 2.24) is 4.98 Å². The first kappa shape index (κ1) is 15.9. The number of rotatable bonds is 6. The third-order valence-corrected chi connectivity index (χ3v) is 2.46. The van der Waals surface area contributed by atoms with Crippen molar-refractivity contribution < 1.29 is 9.47 Å². The monoisotopic (exact) mass is 266 g/mol. The molecule has 0 aliphatic heterocycles. The molecule has 0 bridgehead atoms. The molecule has 0 aromatic carbocycles. The number of ether oxygens (including phenoxy) is 2. The summed E-state index contributed by atoms with van der Waals surface area (Å²) in [6.07, 6.45) is 0.719. The fourth-order valence-corrected chi connectivity index (χ4v) is 1.68. The molecule has 0 radical (unpaired) electrons. The lowest BCUT2D eigenvalue weighted by Crippen LogP contribution is -2.23. The van der Waals surface area contributed by atoms with Crippen molar-refractivity contribution in [3.05, 3.63) is 23.5 Å². The molecule has 2 N–H and O–H groups in total. The molecule has 108 valence electrons. The fraction of sp³-hybridized carbons (Fsp3) is 0.667. The molecule has 4 nitrogen and oxygen atoms in total. The molecular weight excluding hydrogens is 240 g/mol. The maximum Gasteiger partial charge on any atom is 0.140 e. The number of hydrogen-bond acceptors (Lipinski definition) is 4. The van der Waals surface area contributed by atoms with E-state index in [1.165, 1.54) is 0 Å². The largest absolute Gasteiger partial charge is 0.489 e. The van der Waals surface area contributed by atoms with Gasteiger partial charge in [-0.1, -0.05) is 0 Å². The standard InChI is InChI=1S/C15H26N2O2/c1-11(16)10-13-14(7-6-12(2)17-13)18-8-9-19-15(3,4)5/h6-7,11H,8-10,16H2,1-5H3. The van der Waals surface area contributed by atoms with E-state index in [0.717, 1.165) is 23.6 Å². The predicted molar refractivity (Wildman–Crippen MR) is 77.5 cm³/mol. The van der Waals surface area contributed by atoms with Crippen molar-refractivity contribution in [2.75, 3.05) is 13.2 Å². The topological polar surface area (TPSA) is 57.4 Å². The van der Waals surface area contributed by atoms with Crippen LogP contribution in [0.1, 0.15) is 39.1 Å². The first-order chi connectivity index (χ1) is 8.78. The van der Waals surface area contributed by atoms with Gasteiger partial charge in [0, 0.05) is 18.2 Å². The molecule has 0 saturated carbocycles. The lowest BCUT2D eigenvalue weighted by molar-refractivity contribution is -0.0164. The van der Waals surface area contributed by atoms with E-state index in [9.17, 15) is 0 Å². The molecule has 4 heteroatoms. The van der Waals surface area contributed by atoms with Gasteiger partial charge in [0.15, 0.2) is 0 Å². The smallest absolute Gasteiger partial charge is 0.140 e. The van der Waals surface area contributed by atoms with Gasteiger partial charge in [-0.15, -0.1) is 0 Å². The van der Waals surface area contributed by atoms with Crippen molar-refractivity contribution in [3.8, 4) is 5.75 Å². The van der Waals surface area contributed by atoms with E-state index >= 15 is 0 Å². The Morgan fingerprint density at radius 1 is 1.26 bits per heavy atom. The second kappa shape index (κ2) is 6.87. The van der Waals surface area contributed by atoms with Crippen molar-refractivity contribution in [3.63, 3.8) is 0 Å². The summed E-state index contributed by atoms with van der Waals surface area (Å²) in [5, 5.41) is 0. The maximum absolute atomic E-state index is 5.84. The van der Waals surface area contributed by atoms with Gasteiger partial charge in [0.05, 0.1) is 17.9 Å². The summed E-state index contributed by atoms with van der Waals surface area (Å²) in [6.45, 7) is 11.1. The van der Waals surface area contributed by atoms with Crippen molar-refractivity contribution in [1.29, 1.82) is 0 Å². The Labute approximate surface area is 116 Å². The van der Waals surface area contributed by atoms with Gasteiger partial charge in [-0.25, -0.2) is 0 Å². The number of nitrogens with two attached hydrogens (primary N) is 1. The van der Waals surface area contributed by atoms with Crippen molar-refractivity contribution in [2.45, 2.75) is 52.7 Å². The summed E-state index contributed by atoms with van der Waals surface area (Å²) >= 11 is 0. The molecule has 1 rings (SSSR count). The van der Waals surface area contributed by atoms with E-state index < -0.39 is 0 Å². The average molecular weight is 266 g/mol. The molecule has 0 fully saturated rings. The van der Waals surface area contributed by atoms with Crippen LogP contribution in [0.25, 0.3) is 0 Å². The highest BCUT2D eigenvalue weighted by Crippen LogP contribution is 2.18. The quantitative estimate of drug-likeness (QED) is 0.804. The summed E-state index contributed by atoms with van der Waals surface area (Å²) in [5.41, 5.74) is 7.60. The number of hydrogen-bond donors (Lipinski definition) is 1. The normalized spacial score (nSPS) is 13.4. The highest BCUT2D eigenvalue weighted by atomic mass is 16.5. The average Bonchev–Trinajstić information content (AvgIpc) is 2.24. The predicted octanol–water partition coefficient (Wildman–Crippen LogP) is 2.47. The van der Waals surface area contributed by atoms with Crippen molar-refractivity contribution in [2.24, 2.45) is 5.73 Å². The maximum atomic E-state index is 5.84. The SMILES string of the molecule is Cc1ccc(OCCOC(C)(C)C)c(CC(C)N)n1. The van der Waals surface area contributed by atoms with Gasteiger partial charge in [-0.3, -0.25) is 4.98 Å². The van der Waals surface area contributed by atoms with Crippen LogP contribution in [-0.4, -0.2) is 29.8 Å². The Hall–Kier alpha value is -1.13. The summed E-state index contributed by atoms with van der Waals surface area (Å²) in [6, 6.07) is 3.98. The number of aryl methyl sites for hydroxylation is 1. The molecule has 1 aromatic heterocycles. The third-order valence-electron chi connectivity index (χ3n) is 2.46. The lowest BCUT2D eigenvalue weighted by Gasteiger charge is -2.20. The van der Waals surface area contributed by atoms with Crippen LogP contribution in [0.3, 0.4) is 0 Å². The zero-order valence-corrected chi connectivity index (χ0v) is 12.7. The Bertz CT molecular complexity index is 398. The molecular formula is C15H26N2O2. The summed E-state index contributed by atoms with van der Waals surface area (Å²) in [7, 11) is 0. The second-order valence-electron chi connectivity index (χ2n) is 5.89.